The third-order valence-electron chi connectivity index (χ3n) is 6.09. The molecule has 1 amide bonds. The van der Waals surface area contributed by atoms with Crippen molar-refractivity contribution in [3.63, 3.8) is 0 Å². The fourth-order valence-electron chi connectivity index (χ4n) is 4.43. The van der Waals surface area contributed by atoms with Crippen molar-refractivity contribution in [2.45, 2.75) is 31.5 Å². The Morgan fingerprint density at radius 2 is 2.03 bits per heavy atom. The number of rotatable bonds is 0. The Morgan fingerprint density at radius 3 is 2.88 bits per heavy atom. The molecule has 32 heavy (non-hydrogen) atoms. The van der Waals surface area contributed by atoms with Gasteiger partial charge in [-0.25, -0.2) is 9.97 Å². The Bertz CT molecular complexity index is 1160. The first kappa shape index (κ1) is 20.7. The summed E-state index contributed by atoms with van der Waals surface area (Å²) in [6, 6.07) is 5.00. The second-order valence-corrected chi connectivity index (χ2v) is 8.31. The molecule has 0 spiro atoms. The summed E-state index contributed by atoms with van der Waals surface area (Å²) in [6.07, 6.45) is 0.438. The number of benzene rings is 1. The Balaban J connectivity index is 1.61. The molecule has 2 aromatic heterocycles. The molecule has 10 heteroatoms. The molecule has 5 heterocycles. The van der Waals surface area contributed by atoms with Gasteiger partial charge in [0.05, 0.1) is 5.69 Å². The van der Waals surface area contributed by atoms with Gasteiger partial charge in [0.1, 0.15) is 5.56 Å². The highest BCUT2D eigenvalue weighted by molar-refractivity contribution is 6.01. The Hall–Kier alpha value is -3.14. The number of fused-ring (bicyclic) bond motifs is 6. The highest BCUT2D eigenvalue weighted by Crippen LogP contribution is 2.39. The van der Waals surface area contributed by atoms with Crippen LogP contribution in [-0.4, -0.2) is 58.0 Å². The van der Waals surface area contributed by atoms with Crippen LogP contribution < -0.4 is 10.6 Å². The van der Waals surface area contributed by atoms with E-state index < -0.39 is 11.7 Å². The number of halogens is 3. The summed E-state index contributed by atoms with van der Waals surface area (Å²) in [5.74, 6) is -0.0128. The van der Waals surface area contributed by atoms with Crippen molar-refractivity contribution in [2.75, 3.05) is 31.5 Å². The number of carbonyl (C=O) groups excluding carboxylic acids is 1. The normalized spacial score (nSPS) is 21.9. The van der Waals surface area contributed by atoms with E-state index in [-0.39, 0.29) is 23.6 Å². The number of hydrogen-bond donors (Lipinski definition) is 3. The van der Waals surface area contributed by atoms with Crippen LogP contribution in [0.15, 0.2) is 30.6 Å². The highest BCUT2D eigenvalue weighted by Gasteiger charge is 2.36. The number of nitrogens with one attached hydrogen (secondary N) is 3. The molecule has 1 unspecified atom stereocenters. The minimum Gasteiger partial charge on any atom is -0.360 e. The van der Waals surface area contributed by atoms with Crippen LogP contribution in [-0.2, 0) is 6.18 Å². The first-order chi connectivity index (χ1) is 15.4. The van der Waals surface area contributed by atoms with Gasteiger partial charge in [0.25, 0.3) is 5.91 Å². The predicted molar refractivity (Wildman–Crippen MR) is 114 cm³/mol. The second-order valence-electron chi connectivity index (χ2n) is 8.31. The van der Waals surface area contributed by atoms with Crippen LogP contribution >= 0.6 is 0 Å². The van der Waals surface area contributed by atoms with Gasteiger partial charge >= 0.3 is 6.18 Å². The van der Waals surface area contributed by atoms with Crippen molar-refractivity contribution in [1.29, 1.82) is 0 Å². The van der Waals surface area contributed by atoms with E-state index in [1.807, 2.05) is 0 Å². The quantitative estimate of drug-likeness (QED) is 0.493. The van der Waals surface area contributed by atoms with E-state index in [1.54, 1.807) is 18.2 Å². The van der Waals surface area contributed by atoms with E-state index in [0.717, 1.165) is 45.1 Å². The lowest BCUT2D eigenvalue weighted by Gasteiger charge is -2.18. The molecule has 8 bridgehead atoms. The molecule has 7 nitrogen and oxygen atoms in total. The van der Waals surface area contributed by atoms with E-state index in [4.69, 9.17) is 0 Å². The molecular formula is C22H23F3N6O. The summed E-state index contributed by atoms with van der Waals surface area (Å²) in [6.45, 7) is 3.17. The zero-order valence-electron chi connectivity index (χ0n) is 17.3. The van der Waals surface area contributed by atoms with E-state index in [9.17, 15) is 18.0 Å². The number of amides is 1. The van der Waals surface area contributed by atoms with Crippen molar-refractivity contribution in [3.05, 3.63) is 41.7 Å². The predicted octanol–water partition coefficient (Wildman–Crippen LogP) is 3.65. The van der Waals surface area contributed by atoms with Crippen molar-refractivity contribution in [2.24, 2.45) is 0 Å². The minimum absolute atomic E-state index is 0.0729. The third kappa shape index (κ3) is 4.02. The monoisotopic (exact) mass is 444 g/mol. The molecule has 0 aliphatic carbocycles. The maximum atomic E-state index is 13.8. The van der Waals surface area contributed by atoms with Crippen molar-refractivity contribution in [1.82, 2.24) is 25.2 Å². The summed E-state index contributed by atoms with van der Waals surface area (Å²) in [4.78, 5) is 26.1. The average Bonchev–Trinajstić information content (AvgIpc) is 3.38. The standard InChI is InChI=1S/C22H23F3N6O/c23-22(24,25)17-11-28-21-29-14-5-8-31(12-14)7-2-1-6-26-20(32)13-3-4-15-16(19(17)30-21)10-27-18(15)9-13/h3-4,9-11,14,27H,1-2,5-8,12H2,(H,26,32)(H,28,29,30)/t14-/m1/s1. The van der Waals surface area contributed by atoms with Crippen LogP contribution in [0.5, 0.6) is 0 Å². The van der Waals surface area contributed by atoms with Crippen molar-refractivity contribution < 1.29 is 18.0 Å². The average molecular weight is 444 g/mol. The van der Waals surface area contributed by atoms with Gasteiger partial charge in [0.15, 0.2) is 0 Å². The largest absolute Gasteiger partial charge is 0.419 e. The Morgan fingerprint density at radius 1 is 1.16 bits per heavy atom. The lowest BCUT2D eigenvalue weighted by molar-refractivity contribution is -0.137. The number of hydrogen-bond acceptors (Lipinski definition) is 5. The van der Waals surface area contributed by atoms with Crippen LogP contribution in [0, 0.1) is 0 Å². The van der Waals surface area contributed by atoms with E-state index >= 15 is 0 Å². The van der Waals surface area contributed by atoms with Gasteiger partial charge in [-0.2, -0.15) is 13.2 Å². The SMILES string of the molecule is O=C1NCCCCN2CC[C@H](C2)Nc2ncc(C(F)(F)F)c(n2)-c2c[nH]c3cc1ccc23. The minimum atomic E-state index is -4.60. The molecule has 1 aromatic carbocycles. The van der Waals surface area contributed by atoms with Crippen LogP contribution in [0.4, 0.5) is 19.1 Å². The molecule has 3 N–H and O–H groups in total. The number of alkyl halides is 3. The first-order valence-corrected chi connectivity index (χ1v) is 10.7. The Labute approximate surface area is 182 Å². The van der Waals surface area contributed by atoms with E-state index in [0.29, 0.717) is 28.6 Å². The van der Waals surface area contributed by atoms with E-state index in [1.165, 1.54) is 6.20 Å². The first-order valence-electron chi connectivity index (χ1n) is 10.7. The smallest absolute Gasteiger partial charge is 0.360 e. The molecular weight excluding hydrogens is 421 g/mol. The van der Waals surface area contributed by atoms with Gasteiger partial charge in [0, 0.05) is 60.1 Å². The maximum Gasteiger partial charge on any atom is 0.419 e. The lowest BCUT2D eigenvalue weighted by atomic mass is 10.0. The highest BCUT2D eigenvalue weighted by atomic mass is 19.4. The second kappa shape index (κ2) is 8.09. The number of H-pyrrole nitrogens is 1. The summed E-state index contributed by atoms with van der Waals surface area (Å²) in [5, 5.41) is 6.70. The zero-order valence-corrected chi connectivity index (χ0v) is 17.3. The molecule has 1 fully saturated rings. The molecule has 1 saturated heterocycles. The van der Waals surface area contributed by atoms with Crippen molar-refractivity contribution in [3.8, 4) is 11.3 Å². The number of aromatic nitrogens is 3. The van der Waals surface area contributed by atoms with Gasteiger partial charge in [-0.1, -0.05) is 6.07 Å². The van der Waals surface area contributed by atoms with Gasteiger partial charge in [-0.15, -0.1) is 0 Å². The number of aromatic amines is 1. The van der Waals surface area contributed by atoms with Crippen LogP contribution in [0.3, 0.4) is 0 Å². The van der Waals surface area contributed by atoms with Crippen molar-refractivity contribution >= 4 is 22.8 Å². The fraction of sp³-hybridized carbons (Fsp3) is 0.409. The third-order valence-corrected chi connectivity index (χ3v) is 6.09. The molecule has 3 aliphatic heterocycles. The summed E-state index contributed by atoms with van der Waals surface area (Å²) in [5.41, 5.74) is 0.262. The fourth-order valence-corrected chi connectivity index (χ4v) is 4.43. The summed E-state index contributed by atoms with van der Waals surface area (Å²) in [7, 11) is 0. The van der Waals surface area contributed by atoms with Crippen LogP contribution in [0.25, 0.3) is 22.2 Å². The van der Waals surface area contributed by atoms with Crippen LogP contribution in [0.2, 0.25) is 0 Å². The van der Waals surface area contributed by atoms with Gasteiger partial charge in [-0.3, -0.25) is 4.79 Å². The topological polar surface area (TPSA) is 85.9 Å². The molecule has 6 rings (SSSR count). The maximum absolute atomic E-state index is 13.8. The summed E-state index contributed by atoms with van der Waals surface area (Å²) >= 11 is 0. The lowest BCUT2D eigenvalue weighted by Crippen LogP contribution is -2.29. The molecule has 168 valence electrons. The van der Waals surface area contributed by atoms with Crippen LogP contribution in [0.1, 0.15) is 35.2 Å². The molecule has 3 aliphatic rings. The summed E-state index contributed by atoms with van der Waals surface area (Å²) < 4.78 is 41.3. The van der Waals surface area contributed by atoms with E-state index in [2.05, 4.69) is 30.5 Å². The molecule has 0 radical (unpaired) electrons. The number of carbonyl (C=O) groups is 1. The molecule has 0 saturated carbocycles. The Kier molecular flexibility index (Phi) is 5.24. The number of nitrogens with zero attached hydrogens (tertiary/aromatic N) is 3. The molecule has 2 atom stereocenters. The zero-order chi connectivity index (χ0) is 22.3. The van der Waals surface area contributed by atoms with Gasteiger partial charge in [-0.05, 0) is 37.9 Å². The van der Waals surface area contributed by atoms with Gasteiger partial charge in [0.2, 0.25) is 5.95 Å². The molecule has 3 aromatic rings. The number of anilines is 1. The van der Waals surface area contributed by atoms with Gasteiger partial charge < -0.3 is 20.5 Å².